The van der Waals surface area contributed by atoms with Crippen LogP contribution in [0.2, 0.25) is 0 Å². The lowest BCUT2D eigenvalue weighted by Gasteiger charge is -2.19. The average Bonchev–Trinajstić information content (AvgIpc) is 2.37. The lowest BCUT2D eigenvalue weighted by Crippen LogP contribution is -2.43. The van der Waals surface area contributed by atoms with Crippen LogP contribution in [0.5, 0.6) is 0 Å². The van der Waals surface area contributed by atoms with Crippen LogP contribution >= 0.6 is 0 Å². The normalized spacial score (nSPS) is 11.2. The Balaban J connectivity index is 2.74. The van der Waals surface area contributed by atoms with E-state index in [1.807, 2.05) is 0 Å². The molecule has 0 spiro atoms. The number of amides is 1. The molecule has 1 rings (SSSR count). The highest BCUT2D eigenvalue weighted by Crippen LogP contribution is 2.12. The maximum Gasteiger partial charge on any atom is 0.331 e. The molecule has 0 atom stereocenters. The average molecular weight is 283 g/mol. The number of carbonyl (C=O) groups excluding carboxylic acids is 1. The van der Waals surface area contributed by atoms with E-state index in [-0.39, 0.29) is 13.1 Å². The summed E-state index contributed by atoms with van der Waals surface area (Å²) < 4.78 is 1.96. The van der Waals surface area contributed by atoms with E-state index < -0.39 is 28.5 Å². The highest BCUT2D eigenvalue weighted by atomic mass is 16.4. The fourth-order valence-electron chi connectivity index (χ4n) is 1.34. The Labute approximate surface area is 114 Å². The van der Waals surface area contributed by atoms with Crippen molar-refractivity contribution in [3.05, 3.63) is 33.1 Å². The first kappa shape index (κ1) is 15.7. The zero-order valence-corrected chi connectivity index (χ0v) is 11.5. The van der Waals surface area contributed by atoms with Gasteiger partial charge in [0.15, 0.2) is 0 Å². The molecule has 0 fully saturated rings. The van der Waals surface area contributed by atoms with E-state index in [0.29, 0.717) is 0 Å². The summed E-state index contributed by atoms with van der Waals surface area (Å²) in [5.41, 5.74) is -2.16. The zero-order valence-electron chi connectivity index (χ0n) is 11.5. The topological polar surface area (TPSA) is 110 Å². The van der Waals surface area contributed by atoms with Crippen molar-refractivity contribution in [2.75, 3.05) is 6.54 Å². The number of hydrogen-bond donors (Lipinski definition) is 2. The van der Waals surface area contributed by atoms with E-state index in [9.17, 15) is 19.2 Å². The second kappa shape index (κ2) is 5.72. The van der Waals surface area contributed by atoms with Gasteiger partial charge in [0.25, 0.3) is 5.56 Å². The minimum atomic E-state index is -1.09. The van der Waals surface area contributed by atoms with E-state index in [1.54, 1.807) is 0 Å². The quantitative estimate of drug-likeness (QED) is 0.703. The number of rotatable bonds is 5. The van der Waals surface area contributed by atoms with Gasteiger partial charge in [0.1, 0.15) is 6.54 Å². The van der Waals surface area contributed by atoms with Crippen molar-refractivity contribution in [2.24, 2.45) is 12.5 Å². The highest BCUT2D eigenvalue weighted by molar-refractivity contribution is 5.78. The summed E-state index contributed by atoms with van der Waals surface area (Å²) in [7, 11) is 1.31. The van der Waals surface area contributed by atoms with Gasteiger partial charge in [-0.25, -0.2) is 4.79 Å². The molecule has 0 unspecified atom stereocenters. The van der Waals surface area contributed by atoms with Crippen LogP contribution in [0.3, 0.4) is 0 Å². The standard InChI is InChI=1S/C12H17N3O5/c1-12(2,10(18)19)7-13-8(16)6-15-5-4-9(17)14(3)11(15)20/h4-5H,6-7H2,1-3H3,(H,13,16)(H,18,19). The summed E-state index contributed by atoms with van der Waals surface area (Å²) in [6, 6.07) is 1.18. The fourth-order valence-corrected chi connectivity index (χ4v) is 1.34. The minimum absolute atomic E-state index is 0.0539. The first-order valence-corrected chi connectivity index (χ1v) is 5.92. The van der Waals surface area contributed by atoms with Crippen molar-refractivity contribution in [3.8, 4) is 0 Å². The largest absolute Gasteiger partial charge is 0.481 e. The third-order valence-electron chi connectivity index (χ3n) is 2.88. The van der Waals surface area contributed by atoms with Gasteiger partial charge in [-0.3, -0.25) is 23.5 Å². The molecule has 1 amide bonds. The first-order chi connectivity index (χ1) is 9.15. The molecule has 0 radical (unpaired) electrons. The van der Waals surface area contributed by atoms with Crippen LogP contribution in [0, 0.1) is 5.41 Å². The summed E-state index contributed by atoms with van der Waals surface area (Å²) >= 11 is 0. The monoisotopic (exact) mass is 283 g/mol. The van der Waals surface area contributed by atoms with Crippen molar-refractivity contribution in [2.45, 2.75) is 20.4 Å². The number of carboxylic acid groups (broad SMARTS) is 1. The molecular formula is C12H17N3O5. The minimum Gasteiger partial charge on any atom is -0.481 e. The third kappa shape index (κ3) is 3.56. The zero-order chi connectivity index (χ0) is 15.5. The van der Waals surface area contributed by atoms with E-state index >= 15 is 0 Å². The Hall–Kier alpha value is -2.38. The van der Waals surface area contributed by atoms with Gasteiger partial charge < -0.3 is 10.4 Å². The predicted octanol–water partition coefficient (Wildman–Crippen LogP) is -1.23. The van der Waals surface area contributed by atoms with Gasteiger partial charge in [0, 0.05) is 25.9 Å². The number of aliphatic carboxylic acids is 1. The third-order valence-corrected chi connectivity index (χ3v) is 2.88. The van der Waals surface area contributed by atoms with Crippen LogP contribution in [0.1, 0.15) is 13.8 Å². The molecule has 0 saturated heterocycles. The summed E-state index contributed by atoms with van der Waals surface area (Å²) in [4.78, 5) is 45.4. The van der Waals surface area contributed by atoms with Gasteiger partial charge in [-0.05, 0) is 13.8 Å². The van der Waals surface area contributed by atoms with Crippen LogP contribution in [0.25, 0.3) is 0 Å². The number of aromatic nitrogens is 2. The predicted molar refractivity (Wildman–Crippen MR) is 70.4 cm³/mol. The molecule has 110 valence electrons. The summed E-state index contributed by atoms with van der Waals surface area (Å²) in [6.07, 6.45) is 1.23. The second-order valence-electron chi connectivity index (χ2n) is 5.09. The highest BCUT2D eigenvalue weighted by Gasteiger charge is 2.27. The number of carboxylic acids is 1. The Morgan fingerprint density at radius 2 is 1.95 bits per heavy atom. The van der Waals surface area contributed by atoms with Gasteiger partial charge in [0.05, 0.1) is 5.41 Å². The molecule has 0 aliphatic heterocycles. The van der Waals surface area contributed by atoms with Crippen molar-refractivity contribution in [3.63, 3.8) is 0 Å². The lowest BCUT2D eigenvalue weighted by molar-refractivity contribution is -0.146. The molecule has 0 saturated carbocycles. The molecule has 0 aliphatic rings. The molecule has 1 aromatic rings. The molecule has 1 heterocycles. The van der Waals surface area contributed by atoms with Crippen molar-refractivity contribution < 1.29 is 14.7 Å². The van der Waals surface area contributed by atoms with Crippen LogP contribution in [-0.4, -0.2) is 32.7 Å². The summed E-state index contributed by atoms with van der Waals surface area (Å²) in [5.74, 6) is -1.53. The summed E-state index contributed by atoms with van der Waals surface area (Å²) in [5, 5.41) is 11.4. The second-order valence-corrected chi connectivity index (χ2v) is 5.09. The SMILES string of the molecule is Cn1c(=O)ccn(CC(=O)NCC(C)(C)C(=O)O)c1=O. The van der Waals surface area contributed by atoms with Crippen LogP contribution in [0.15, 0.2) is 21.9 Å². The Morgan fingerprint density at radius 3 is 2.50 bits per heavy atom. The van der Waals surface area contributed by atoms with Gasteiger partial charge in [0.2, 0.25) is 5.91 Å². The first-order valence-electron chi connectivity index (χ1n) is 5.92. The van der Waals surface area contributed by atoms with Crippen molar-refractivity contribution >= 4 is 11.9 Å². The maximum absolute atomic E-state index is 11.7. The molecule has 1 aromatic heterocycles. The van der Waals surface area contributed by atoms with Crippen LogP contribution < -0.4 is 16.6 Å². The summed E-state index contributed by atoms with van der Waals surface area (Å²) in [6.45, 7) is 2.63. The molecule has 0 bridgehead atoms. The Morgan fingerprint density at radius 1 is 1.35 bits per heavy atom. The van der Waals surface area contributed by atoms with Crippen LogP contribution in [0.4, 0.5) is 0 Å². The fraction of sp³-hybridized carbons (Fsp3) is 0.500. The van der Waals surface area contributed by atoms with E-state index in [2.05, 4.69) is 5.32 Å². The lowest BCUT2D eigenvalue weighted by atomic mass is 9.94. The molecule has 2 N–H and O–H groups in total. The molecule has 0 aromatic carbocycles. The smallest absolute Gasteiger partial charge is 0.331 e. The van der Waals surface area contributed by atoms with Crippen molar-refractivity contribution in [1.82, 2.24) is 14.5 Å². The number of nitrogens with one attached hydrogen (secondary N) is 1. The van der Waals surface area contributed by atoms with Gasteiger partial charge in [-0.15, -0.1) is 0 Å². The van der Waals surface area contributed by atoms with Gasteiger partial charge in [-0.1, -0.05) is 0 Å². The molecular weight excluding hydrogens is 266 g/mol. The van der Waals surface area contributed by atoms with Gasteiger partial charge >= 0.3 is 11.7 Å². The Bertz CT molecular complexity index is 641. The van der Waals surface area contributed by atoms with E-state index in [4.69, 9.17) is 5.11 Å². The number of nitrogens with zero attached hydrogens (tertiary/aromatic N) is 2. The molecule has 0 aliphatic carbocycles. The van der Waals surface area contributed by atoms with Gasteiger partial charge in [-0.2, -0.15) is 0 Å². The molecule has 8 nitrogen and oxygen atoms in total. The molecule has 8 heteroatoms. The Kier molecular flexibility index (Phi) is 4.49. The van der Waals surface area contributed by atoms with Crippen molar-refractivity contribution in [1.29, 1.82) is 0 Å². The van der Waals surface area contributed by atoms with E-state index in [1.165, 1.54) is 33.2 Å². The number of hydrogen-bond acceptors (Lipinski definition) is 4. The van der Waals surface area contributed by atoms with Crippen LogP contribution in [-0.2, 0) is 23.2 Å². The number of carbonyl (C=O) groups is 2. The van der Waals surface area contributed by atoms with E-state index in [0.717, 1.165) is 9.13 Å². The molecule has 20 heavy (non-hydrogen) atoms. The maximum atomic E-state index is 11.7.